The zero-order valence-corrected chi connectivity index (χ0v) is 30.3. The fourth-order valence-electron chi connectivity index (χ4n) is 8.05. The van der Waals surface area contributed by atoms with E-state index in [1.54, 1.807) is 6.92 Å². The number of methoxy groups -OCH3 is 1. The highest BCUT2D eigenvalue weighted by atomic mass is 16.5. The molecule has 0 radical (unpaired) electrons. The molecule has 4 N–H and O–H groups in total. The maximum atomic E-state index is 13.5. The van der Waals surface area contributed by atoms with Gasteiger partial charge in [0.05, 0.1) is 36.2 Å². The highest BCUT2D eigenvalue weighted by molar-refractivity contribution is 5.96. The van der Waals surface area contributed by atoms with E-state index in [0.29, 0.717) is 34.8 Å². The number of fused-ring (bicyclic) bond motifs is 8. The van der Waals surface area contributed by atoms with Crippen LogP contribution >= 0.6 is 0 Å². The lowest BCUT2D eigenvalue weighted by atomic mass is 9.84. The topological polar surface area (TPSA) is 150 Å². The molecule has 0 saturated carbocycles. The Balaban J connectivity index is 1.69. The minimum atomic E-state index is -1.08. The van der Waals surface area contributed by atoms with Crippen molar-refractivity contribution in [2.24, 2.45) is 0 Å². The summed E-state index contributed by atoms with van der Waals surface area (Å²) in [4.78, 5) is 43.8. The summed E-state index contributed by atoms with van der Waals surface area (Å²) in [7, 11) is 1.31. The van der Waals surface area contributed by atoms with Gasteiger partial charge in [-0.3, -0.25) is 19.6 Å². The Labute approximate surface area is 292 Å². The molecule has 8 bridgehead atoms. The predicted molar refractivity (Wildman–Crippen MR) is 194 cm³/mol. The lowest BCUT2D eigenvalue weighted by Crippen LogP contribution is -2.18. The van der Waals surface area contributed by atoms with Crippen LogP contribution in [0.1, 0.15) is 129 Å². The number of aliphatic hydroxyl groups is 2. The molecule has 2 aliphatic heterocycles. The summed E-state index contributed by atoms with van der Waals surface area (Å²) in [6.45, 7) is 18.0. The molecule has 50 heavy (non-hydrogen) atoms. The standard InChI is InChI=1S/C40H48N4O6/c1-10-24-19(4)26-17-31-33(23(8)45)21(6)28(42-31)15-27-20(5)25(11-12-32(46)50-14-13-18(2)3)37(43-27)35-36(40(48)49-9)39(47)34-22(7)29(44-38(34)35)16-30(24)41-26/h15-17,19-20,24-25,36,42,44-45,47H,2,10-14H2,1,3-9H3/t19-,20+,24-,25+,36-/m1/s1. The van der Waals surface area contributed by atoms with Gasteiger partial charge in [0.1, 0.15) is 11.7 Å². The van der Waals surface area contributed by atoms with E-state index in [4.69, 9.17) is 19.4 Å². The molecular weight excluding hydrogens is 632 g/mol. The quantitative estimate of drug-likeness (QED) is 0.146. The Hall–Kier alpha value is -4.86. The van der Waals surface area contributed by atoms with Crippen LogP contribution in [-0.4, -0.2) is 55.8 Å². The largest absolute Gasteiger partial charge is 0.512 e. The van der Waals surface area contributed by atoms with E-state index >= 15 is 0 Å². The number of hydrogen-bond donors (Lipinski definition) is 4. The Morgan fingerprint density at radius 1 is 0.920 bits per heavy atom. The molecule has 0 amide bonds. The van der Waals surface area contributed by atoms with Crippen molar-refractivity contribution >= 4 is 45.5 Å². The van der Waals surface area contributed by atoms with Crippen molar-refractivity contribution in [2.45, 2.75) is 104 Å². The van der Waals surface area contributed by atoms with Crippen LogP contribution in [-0.2, 0) is 19.1 Å². The summed E-state index contributed by atoms with van der Waals surface area (Å²) in [6, 6.07) is 6.06. The normalized spacial score (nSPS) is 21.7. The van der Waals surface area contributed by atoms with Gasteiger partial charge in [-0.1, -0.05) is 26.3 Å². The lowest BCUT2D eigenvalue weighted by Gasteiger charge is -2.19. The monoisotopic (exact) mass is 680 g/mol. The number of aromatic amines is 2. The molecule has 3 aliphatic rings. The van der Waals surface area contributed by atoms with E-state index in [1.807, 2.05) is 39.0 Å². The smallest absolute Gasteiger partial charge is 0.321 e. The lowest BCUT2D eigenvalue weighted by molar-refractivity contribution is -0.144. The van der Waals surface area contributed by atoms with Crippen LogP contribution < -0.4 is 10.4 Å². The number of carbonyl (C=O) groups is 2. The molecule has 1 aliphatic carbocycles. The van der Waals surface area contributed by atoms with Crippen molar-refractivity contribution in [1.29, 1.82) is 0 Å². The second kappa shape index (κ2) is 13.5. The van der Waals surface area contributed by atoms with Crippen LogP contribution in [0, 0.1) is 13.8 Å². The number of carbonyl (C=O) groups excluding carboxylic acids is 2. The minimum absolute atomic E-state index is 0.0834. The molecule has 0 spiro atoms. The number of hydrogen-bond acceptors (Lipinski definition) is 8. The number of aryl methyl sites for hydroxylation is 2. The Bertz CT molecular complexity index is 2210. The van der Waals surface area contributed by atoms with Crippen molar-refractivity contribution in [2.75, 3.05) is 13.7 Å². The van der Waals surface area contributed by atoms with E-state index < -0.39 is 11.9 Å². The van der Waals surface area contributed by atoms with Crippen LogP contribution in [0.2, 0.25) is 0 Å². The first-order valence-electron chi connectivity index (χ1n) is 17.5. The first-order chi connectivity index (χ1) is 23.8. The average molecular weight is 681 g/mol. The van der Waals surface area contributed by atoms with Crippen LogP contribution in [0.5, 0.6) is 0 Å². The Morgan fingerprint density at radius 3 is 2.22 bits per heavy atom. The van der Waals surface area contributed by atoms with Gasteiger partial charge in [-0.2, -0.15) is 0 Å². The molecule has 0 unspecified atom stereocenters. The SMILES string of the molecule is C=C(C)CCOC(=O)CC[C@@H]1c2nc(cc3[nH]c(cc4nc(cc5[nH]c6c2[C@@H](C(=O)OC)C(O)=c6c5C)[C@H](CC)[C@H]4C)c(=C(C)O)c3C)[C@H]1C. The molecule has 264 valence electrons. The Kier molecular flexibility index (Phi) is 9.41. The van der Waals surface area contributed by atoms with Gasteiger partial charge >= 0.3 is 11.9 Å². The van der Waals surface area contributed by atoms with E-state index in [1.165, 1.54) is 7.11 Å². The van der Waals surface area contributed by atoms with E-state index in [-0.39, 0.29) is 54.2 Å². The number of ether oxygens (including phenoxy) is 2. The number of H-pyrrole nitrogens is 2. The van der Waals surface area contributed by atoms with Crippen molar-refractivity contribution in [3.8, 4) is 0 Å². The van der Waals surface area contributed by atoms with Crippen molar-refractivity contribution in [3.63, 3.8) is 0 Å². The number of aliphatic hydroxyl groups excluding tert-OH is 2. The summed E-state index contributed by atoms with van der Waals surface area (Å²) in [5.41, 5.74) is 9.32. The maximum absolute atomic E-state index is 13.5. The number of aromatic nitrogens is 4. The number of nitrogens with one attached hydrogen (secondary N) is 2. The molecule has 0 aromatic carbocycles. The van der Waals surface area contributed by atoms with Gasteiger partial charge in [-0.05, 0) is 69.9 Å². The van der Waals surface area contributed by atoms with Crippen LogP contribution in [0.3, 0.4) is 0 Å². The molecule has 6 rings (SSSR count). The molecule has 5 atom stereocenters. The van der Waals surface area contributed by atoms with Crippen molar-refractivity contribution in [1.82, 2.24) is 19.9 Å². The van der Waals surface area contributed by atoms with E-state index in [9.17, 15) is 19.8 Å². The van der Waals surface area contributed by atoms with Crippen LogP contribution in [0.15, 0.2) is 30.4 Å². The van der Waals surface area contributed by atoms with Gasteiger partial charge in [-0.15, -0.1) is 6.58 Å². The zero-order chi connectivity index (χ0) is 36.2. The van der Waals surface area contributed by atoms with Gasteiger partial charge in [0.15, 0.2) is 0 Å². The van der Waals surface area contributed by atoms with Gasteiger partial charge in [0.2, 0.25) is 0 Å². The van der Waals surface area contributed by atoms with Crippen molar-refractivity contribution < 1.29 is 29.3 Å². The Morgan fingerprint density at radius 2 is 1.56 bits per heavy atom. The molecule has 3 aromatic rings. The number of nitrogens with zero attached hydrogens (tertiary/aromatic N) is 2. The first-order valence-corrected chi connectivity index (χ1v) is 17.5. The molecule has 10 heteroatoms. The summed E-state index contributed by atoms with van der Waals surface area (Å²) < 4.78 is 10.8. The fourth-order valence-corrected chi connectivity index (χ4v) is 8.05. The van der Waals surface area contributed by atoms with Gasteiger partial charge < -0.3 is 29.7 Å². The first kappa shape index (κ1) is 35.0. The molecular formula is C40H48N4O6. The van der Waals surface area contributed by atoms with E-state index in [2.05, 4.69) is 37.3 Å². The highest BCUT2D eigenvalue weighted by Gasteiger charge is 2.41. The number of rotatable bonds is 8. The van der Waals surface area contributed by atoms with Crippen LogP contribution in [0.4, 0.5) is 0 Å². The molecule has 0 saturated heterocycles. The second-order valence-corrected chi connectivity index (χ2v) is 14.2. The fraction of sp³-hybridized carbons (Fsp3) is 0.450. The molecule has 5 heterocycles. The van der Waals surface area contributed by atoms with Crippen molar-refractivity contribution in [3.05, 3.63) is 80.3 Å². The van der Waals surface area contributed by atoms with E-state index in [0.717, 1.165) is 62.0 Å². The summed E-state index contributed by atoms with van der Waals surface area (Å²) in [6.07, 6.45) is 2.03. The maximum Gasteiger partial charge on any atom is 0.321 e. The third-order valence-corrected chi connectivity index (χ3v) is 10.9. The second-order valence-electron chi connectivity index (χ2n) is 14.2. The average Bonchev–Trinajstić information content (AvgIpc) is 3.80. The summed E-state index contributed by atoms with van der Waals surface area (Å²) in [5.74, 6) is -2.04. The summed E-state index contributed by atoms with van der Waals surface area (Å²) in [5, 5.41) is 23.9. The number of esters is 2. The third-order valence-electron chi connectivity index (χ3n) is 10.9. The molecule has 3 aromatic heterocycles. The molecule has 10 nitrogen and oxygen atoms in total. The van der Waals surface area contributed by atoms with Gasteiger partial charge in [0, 0.05) is 80.6 Å². The zero-order valence-electron chi connectivity index (χ0n) is 30.3. The minimum Gasteiger partial charge on any atom is -0.512 e. The summed E-state index contributed by atoms with van der Waals surface area (Å²) >= 11 is 0. The predicted octanol–water partition coefficient (Wildman–Crippen LogP) is 7.03. The van der Waals surface area contributed by atoms with Crippen LogP contribution in [0.25, 0.3) is 33.6 Å². The van der Waals surface area contributed by atoms with Gasteiger partial charge in [-0.25, -0.2) is 0 Å². The molecule has 0 fully saturated rings. The van der Waals surface area contributed by atoms with Gasteiger partial charge in [0.25, 0.3) is 0 Å². The third kappa shape index (κ3) is 5.88. The highest BCUT2D eigenvalue weighted by Crippen LogP contribution is 2.46.